The van der Waals surface area contributed by atoms with Crippen molar-refractivity contribution in [3.63, 3.8) is 0 Å². The van der Waals surface area contributed by atoms with Gasteiger partial charge in [-0.3, -0.25) is 4.79 Å². The molecule has 1 fully saturated rings. The first-order valence-corrected chi connectivity index (χ1v) is 7.72. The van der Waals surface area contributed by atoms with Crippen molar-refractivity contribution in [3.05, 3.63) is 23.8 Å². The molecule has 1 saturated heterocycles. The number of rotatable bonds is 3. The van der Waals surface area contributed by atoms with E-state index in [0.29, 0.717) is 5.75 Å². The quantitative estimate of drug-likeness (QED) is 0.686. The van der Waals surface area contributed by atoms with E-state index in [1.54, 1.807) is 0 Å². The number of ether oxygens (including phenoxy) is 1. The molecule has 2 rings (SSSR count). The third kappa shape index (κ3) is 3.97. The third-order valence-corrected chi connectivity index (χ3v) is 3.71. The minimum atomic E-state index is -0.483. The molecule has 0 unspecified atom stereocenters. The van der Waals surface area contributed by atoms with Gasteiger partial charge < -0.3 is 15.0 Å². The average Bonchev–Trinajstić information content (AvgIpc) is 2.47. The normalized spacial score (nSPS) is 15.9. The molecule has 1 aliphatic heterocycles. The number of nitrogens with zero attached hydrogens (tertiary/aromatic N) is 1. The zero-order chi connectivity index (χ0) is 15.5. The number of piperazine rings is 1. The van der Waals surface area contributed by atoms with Gasteiger partial charge in [-0.1, -0.05) is 6.92 Å². The first kappa shape index (κ1) is 15.8. The van der Waals surface area contributed by atoms with Crippen LogP contribution < -0.4 is 15.0 Å². The van der Waals surface area contributed by atoms with Gasteiger partial charge in [0.25, 0.3) is 0 Å². The molecule has 0 radical (unpaired) electrons. The molecule has 0 amide bonds. The van der Waals surface area contributed by atoms with Crippen molar-refractivity contribution >= 4 is 11.7 Å². The van der Waals surface area contributed by atoms with Gasteiger partial charge in [0.05, 0.1) is 5.41 Å². The highest BCUT2D eigenvalue weighted by molar-refractivity contribution is 5.78. The van der Waals surface area contributed by atoms with E-state index in [1.807, 2.05) is 32.9 Å². The summed E-state index contributed by atoms with van der Waals surface area (Å²) in [6.07, 6.45) is 0.931. The van der Waals surface area contributed by atoms with Crippen LogP contribution in [0.5, 0.6) is 5.75 Å². The fraction of sp³-hybridized carbons (Fsp3) is 0.588. The topological polar surface area (TPSA) is 41.6 Å². The molecule has 1 N–H and O–H groups in total. The second-order valence-corrected chi connectivity index (χ2v) is 6.52. The van der Waals surface area contributed by atoms with E-state index in [2.05, 4.69) is 23.2 Å². The lowest BCUT2D eigenvalue weighted by Gasteiger charge is -2.31. The first-order chi connectivity index (χ1) is 9.91. The fourth-order valence-electron chi connectivity index (χ4n) is 2.38. The second-order valence-electron chi connectivity index (χ2n) is 6.52. The van der Waals surface area contributed by atoms with Crippen molar-refractivity contribution in [1.29, 1.82) is 0 Å². The van der Waals surface area contributed by atoms with Crippen LogP contribution in [0.3, 0.4) is 0 Å². The lowest BCUT2D eigenvalue weighted by molar-refractivity contribution is -0.142. The highest BCUT2D eigenvalue weighted by atomic mass is 16.5. The number of carbonyl (C=O) groups excluding carboxylic acids is 1. The fourth-order valence-corrected chi connectivity index (χ4v) is 2.38. The predicted molar refractivity (Wildman–Crippen MR) is 86.0 cm³/mol. The van der Waals surface area contributed by atoms with E-state index < -0.39 is 5.41 Å². The largest absolute Gasteiger partial charge is 0.426 e. The van der Waals surface area contributed by atoms with Crippen molar-refractivity contribution in [1.82, 2.24) is 5.32 Å². The van der Waals surface area contributed by atoms with Crippen LogP contribution in [0.2, 0.25) is 0 Å². The number of hydrogen-bond acceptors (Lipinski definition) is 4. The van der Waals surface area contributed by atoms with Crippen LogP contribution >= 0.6 is 0 Å². The first-order valence-electron chi connectivity index (χ1n) is 7.72. The minimum Gasteiger partial charge on any atom is -0.426 e. The summed E-state index contributed by atoms with van der Waals surface area (Å²) in [5.41, 5.74) is 2.01. The molecule has 1 aliphatic rings. The maximum Gasteiger partial charge on any atom is 0.316 e. The zero-order valence-corrected chi connectivity index (χ0v) is 13.5. The van der Waals surface area contributed by atoms with Crippen molar-refractivity contribution < 1.29 is 9.53 Å². The number of nitrogens with one attached hydrogen (secondary N) is 1. The van der Waals surface area contributed by atoms with Gasteiger partial charge in [0.1, 0.15) is 5.75 Å². The number of hydrogen-bond donors (Lipinski definition) is 1. The summed E-state index contributed by atoms with van der Waals surface area (Å²) in [5, 5.41) is 3.37. The van der Waals surface area contributed by atoms with Crippen LogP contribution in [-0.4, -0.2) is 32.1 Å². The Balaban J connectivity index is 2.17. The van der Waals surface area contributed by atoms with Crippen LogP contribution in [0, 0.1) is 5.41 Å². The Kier molecular flexibility index (Phi) is 4.88. The summed E-state index contributed by atoms with van der Waals surface area (Å²) in [7, 11) is 0. The van der Waals surface area contributed by atoms with E-state index in [9.17, 15) is 4.79 Å². The maximum absolute atomic E-state index is 12.0. The van der Waals surface area contributed by atoms with Gasteiger partial charge >= 0.3 is 5.97 Å². The van der Waals surface area contributed by atoms with Crippen LogP contribution in [0.1, 0.15) is 33.3 Å². The Morgan fingerprint density at radius 1 is 1.29 bits per heavy atom. The third-order valence-electron chi connectivity index (χ3n) is 3.71. The number of carbonyl (C=O) groups is 1. The highest BCUT2D eigenvalue weighted by Gasteiger charge is 2.24. The summed E-state index contributed by atoms with van der Waals surface area (Å²) in [6.45, 7) is 11.8. The van der Waals surface area contributed by atoms with E-state index >= 15 is 0 Å². The van der Waals surface area contributed by atoms with Gasteiger partial charge in [0.15, 0.2) is 0 Å². The molecule has 116 valence electrons. The lowest BCUT2D eigenvalue weighted by atomic mass is 9.97. The standard InChI is InChI=1S/C17H26N2O2/c1-5-13-12-14(21-16(20)17(2,3)4)6-7-15(13)19-10-8-18-9-11-19/h6-7,12,18H,5,8-11H2,1-4H3. The molecule has 4 heteroatoms. The number of benzene rings is 1. The molecule has 1 aromatic rings. The molecule has 0 atom stereocenters. The van der Waals surface area contributed by atoms with Gasteiger partial charge in [-0.25, -0.2) is 0 Å². The van der Waals surface area contributed by atoms with Crippen molar-refractivity contribution in [3.8, 4) is 5.75 Å². The molecule has 1 heterocycles. The van der Waals surface area contributed by atoms with Gasteiger partial charge in [-0.05, 0) is 51.0 Å². The molecular weight excluding hydrogens is 264 g/mol. The Bertz CT molecular complexity index is 500. The number of esters is 1. The predicted octanol–water partition coefficient (Wildman–Crippen LogP) is 2.61. The Hall–Kier alpha value is -1.55. The van der Waals surface area contributed by atoms with Crippen LogP contribution in [-0.2, 0) is 11.2 Å². The van der Waals surface area contributed by atoms with Gasteiger partial charge in [0, 0.05) is 31.9 Å². The summed E-state index contributed by atoms with van der Waals surface area (Å²) in [6, 6.07) is 5.98. The van der Waals surface area contributed by atoms with Gasteiger partial charge in [0.2, 0.25) is 0 Å². The molecule has 0 spiro atoms. The second kappa shape index (κ2) is 6.48. The Morgan fingerprint density at radius 2 is 1.95 bits per heavy atom. The Labute approximate surface area is 127 Å². The monoisotopic (exact) mass is 290 g/mol. The molecule has 1 aromatic carbocycles. The molecule has 0 saturated carbocycles. The van der Waals surface area contributed by atoms with E-state index in [-0.39, 0.29) is 5.97 Å². The average molecular weight is 290 g/mol. The van der Waals surface area contributed by atoms with Crippen LogP contribution in [0.4, 0.5) is 5.69 Å². The molecule has 0 aliphatic carbocycles. The number of aryl methyl sites for hydroxylation is 1. The van der Waals surface area contributed by atoms with E-state index in [0.717, 1.165) is 32.6 Å². The van der Waals surface area contributed by atoms with Crippen LogP contribution in [0.15, 0.2) is 18.2 Å². The minimum absolute atomic E-state index is 0.195. The Morgan fingerprint density at radius 3 is 2.52 bits per heavy atom. The molecule has 4 nitrogen and oxygen atoms in total. The summed E-state index contributed by atoms with van der Waals surface area (Å²) in [4.78, 5) is 14.4. The maximum atomic E-state index is 12.0. The van der Waals surface area contributed by atoms with E-state index in [4.69, 9.17) is 4.74 Å². The summed E-state index contributed by atoms with van der Waals surface area (Å²) in [5.74, 6) is 0.449. The van der Waals surface area contributed by atoms with E-state index in [1.165, 1.54) is 11.3 Å². The van der Waals surface area contributed by atoms with Gasteiger partial charge in [-0.2, -0.15) is 0 Å². The lowest BCUT2D eigenvalue weighted by Crippen LogP contribution is -2.43. The zero-order valence-electron chi connectivity index (χ0n) is 13.5. The van der Waals surface area contributed by atoms with Crippen LogP contribution in [0.25, 0.3) is 0 Å². The van der Waals surface area contributed by atoms with Crippen molar-refractivity contribution in [2.45, 2.75) is 34.1 Å². The highest BCUT2D eigenvalue weighted by Crippen LogP contribution is 2.28. The molecule has 0 bridgehead atoms. The summed E-state index contributed by atoms with van der Waals surface area (Å²) >= 11 is 0. The SMILES string of the molecule is CCc1cc(OC(=O)C(C)(C)C)ccc1N1CCNCC1. The summed E-state index contributed by atoms with van der Waals surface area (Å²) < 4.78 is 5.49. The molecular formula is C17H26N2O2. The van der Waals surface area contributed by atoms with Gasteiger partial charge in [-0.15, -0.1) is 0 Å². The molecule has 21 heavy (non-hydrogen) atoms. The molecule has 0 aromatic heterocycles. The smallest absolute Gasteiger partial charge is 0.316 e. The van der Waals surface area contributed by atoms with Crippen molar-refractivity contribution in [2.75, 3.05) is 31.1 Å². The van der Waals surface area contributed by atoms with Crippen molar-refractivity contribution in [2.24, 2.45) is 5.41 Å². The number of anilines is 1.